The van der Waals surface area contributed by atoms with Crippen molar-refractivity contribution in [3.05, 3.63) is 47.0 Å². The van der Waals surface area contributed by atoms with E-state index in [2.05, 4.69) is 6.08 Å². The van der Waals surface area contributed by atoms with Crippen molar-refractivity contribution < 1.29 is 13.6 Å². The van der Waals surface area contributed by atoms with Crippen LogP contribution < -0.4 is 0 Å². The smallest absolute Gasteiger partial charge is 0.167 e. The fourth-order valence-electron chi connectivity index (χ4n) is 2.04. The molecule has 3 heteroatoms. The van der Waals surface area contributed by atoms with E-state index in [1.807, 2.05) is 0 Å². The summed E-state index contributed by atoms with van der Waals surface area (Å²) in [5, 5.41) is 0. The molecule has 90 valence electrons. The first-order chi connectivity index (χ1) is 8.16. The van der Waals surface area contributed by atoms with E-state index in [1.165, 1.54) is 12.5 Å². The van der Waals surface area contributed by atoms with Gasteiger partial charge in [0.2, 0.25) is 0 Å². The Balaban J connectivity index is 2.09. The van der Waals surface area contributed by atoms with E-state index < -0.39 is 11.6 Å². The molecule has 1 aliphatic carbocycles. The van der Waals surface area contributed by atoms with Crippen molar-refractivity contribution in [1.29, 1.82) is 0 Å². The first kappa shape index (κ1) is 12.0. The number of allylic oxidation sites excluding steroid dienone is 2. The Morgan fingerprint density at radius 1 is 1.18 bits per heavy atom. The van der Waals surface area contributed by atoms with Gasteiger partial charge < -0.3 is 0 Å². The van der Waals surface area contributed by atoms with Crippen molar-refractivity contribution >= 4 is 5.78 Å². The Kier molecular flexibility index (Phi) is 3.67. The summed E-state index contributed by atoms with van der Waals surface area (Å²) in [5.74, 6) is -2.02. The van der Waals surface area contributed by atoms with Crippen molar-refractivity contribution in [3.8, 4) is 0 Å². The van der Waals surface area contributed by atoms with Crippen LogP contribution in [0.25, 0.3) is 0 Å². The largest absolute Gasteiger partial charge is 0.294 e. The first-order valence-corrected chi connectivity index (χ1v) is 5.83. The summed E-state index contributed by atoms with van der Waals surface area (Å²) in [6.07, 6.45) is 6.64. The molecule has 17 heavy (non-hydrogen) atoms. The number of hydrogen-bond acceptors (Lipinski definition) is 1. The summed E-state index contributed by atoms with van der Waals surface area (Å²) in [5.41, 5.74) is 1.36. The van der Waals surface area contributed by atoms with Gasteiger partial charge in [-0.05, 0) is 43.9 Å². The number of benzene rings is 1. The topological polar surface area (TPSA) is 17.1 Å². The maximum atomic E-state index is 13.0. The normalized spacial score (nSPS) is 15.5. The third kappa shape index (κ3) is 2.99. The van der Waals surface area contributed by atoms with E-state index in [-0.39, 0.29) is 11.3 Å². The molecule has 0 saturated heterocycles. The molecule has 0 bridgehead atoms. The van der Waals surface area contributed by atoms with Gasteiger partial charge in [-0.2, -0.15) is 0 Å². The van der Waals surface area contributed by atoms with Crippen molar-refractivity contribution in [2.75, 3.05) is 0 Å². The maximum Gasteiger partial charge on any atom is 0.167 e. The predicted molar refractivity (Wildman–Crippen MR) is 61.9 cm³/mol. The molecular weight excluding hydrogens is 222 g/mol. The minimum atomic E-state index is -0.964. The minimum absolute atomic E-state index is 0.142. The fraction of sp³-hybridized carbons (Fsp3) is 0.357. The SMILES string of the molecule is O=C(CC1=CCCCC1)c1ccc(F)c(F)c1. The summed E-state index contributed by atoms with van der Waals surface area (Å²) < 4.78 is 25.7. The molecule has 0 unspecified atom stereocenters. The van der Waals surface area contributed by atoms with Gasteiger partial charge in [-0.15, -0.1) is 0 Å². The molecule has 0 aliphatic heterocycles. The van der Waals surface area contributed by atoms with Crippen LogP contribution in [0.15, 0.2) is 29.8 Å². The number of carbonyl (C=O) groups is 1. The maximum absolute atomic E-state index is 13.0. The van der Waals surface area contributed by atoms with Gasteiger partial charge >= 0.3 is 0 Å². The summed E-state index contributed by atoms with van der Waals surface area (Å²) in [4.78, 5) is 11.8. The lowest BCUT2D eigenvalue weighted by Crippen LogP contribution is -2.04. The highest BCUT2D eigenvalue weighted by atomic mass is 19.2. The number of rotatable bonds is 3. The second kappa shape index (κ2) is 5.21. The van der Waals surface area contributed by atoms with Crippen molar-refractivity contribution in [2.45, 2.75) is 32.1 Å². The Bertz CT molecular complexity index is 463. The van der Waals surface area contributed by atoms with Crippen LogP contribution in [0.3, 0.4) is 0 Å². The highest BCUT2D eigenvalue weighted by Crippen LogP contribution is 2.22. The van der Waals surface area contributed by atoms with E-state index in [0.29, 0.717) is 6.42 Å². The van der Waals surface area contributed by atoms with Crippen molar-refractivity contribution in [3.63, 3.8) is 0 Å². The number of carbonyl (C=O) groups excluding carboxylic acids is 1. The van der Waals surface area contributed by atoms with Crippen LogP contribution in [0, 0.1) is 11.6 Å². The van der Waals surface area contributed by atoms with E-state index >= 15 is 0 Å². The summed E-state index contributed by atoms with van der Waals surface area (Å²) >= 11 is 0. The molecule has 0 atom stereocenters. The zero-order valence-corrected chi connectivity index (χ0v) is 9.51. The highest BCUT2D eigenvalue weighted by Gasteiger charge is 2.13. The quantitative estimate of drug-likeness (QED) is 0.572. The molecule has 0 aromatic heterocycles. The van der Waals surface area contributed by atoms with Gasteiger partial charge in [-0.25, -0.2) is 8.78 Å². The number of Topliss-reactive ketones (excluding diaryl/α,β-unsaturated/α-hetero) is 1. The van der Waals surface area contributed by atoms with Crippen LogP contribution in [-0.4, -0.2) is 5.78 Å². The van der Waals surface area contributed by atoms with Gasteiger partial charge in [0.25, 0.3) is 0 Å². The lowest BCUT2D eigenvalue weighted by atomic mass is 9.94. The molecule has 1 aromatic carbocycles. The lowest BCUT2D eigenvalue weighted by molar-refractivity contribution is 0.0991. The van der Waals surface area contributed by atoms with Crippen LogP contribution in [-0.2, 0) is 0 Å². The fourth-order valence-corrected chi connectivity index (χ4v) is 2.04. The Labute approximate surface area is 99.1 Å². The molecule has 0 amide bonds. The third-order valence-electron chi connectivity index (χ3n) is 3.01. The van der Waals surface area contributed by atoms with Crippen LogP contribution in [0.2, 0.25) is 0 Å². The minimum Gasteiger partial charge on any atom is -0.294 e. The van der Waals surface area contributed by atoms with Gasteiger partial charge in [0.05, 0.1) is 0 Å². The van der Waals surface area contributed by atoms with Crippen molar-refractivity contribution in [2.24, 2.45) is 0 Å². The van der Waals surface area contributed by atoms with Crippen LogP contribution in [0.5, 0.6) is 0 Å². The molecule has 0 spiro atoms. The van der Waals surface area contributed by atoms with Gasteiger partial charge in [0.1, 0.15) is 0 Å². The average Bonchev–Trinajstić information content (AvgIpc) is 2.34. The summed E-state index contributed by atoms with van der Waals surface area (Å²) in [6.45, 7) is 0. The molecule has 1 nitrogen and oxygen atoms in total. The second-order valence-corrected chi connectivity index (χ2v) is 4.34. The summed E-state index contributed by atoms with van der Waals surface area (Å²) in [6, 6.07) is 3.31. The van der Waals surface area contributed by atoms with Crippen molar-refractivity contribution in [1.82, 2.24) is 0 Å². The second-order valence-electron chi connectivity index (χ2n) is 4.34. The van der Waals surface area contributed by atoms with E-state index in [0.717, 1.165) is 37.0 Å². The lowest BCUT2D eigenvalue weighted by Gasteiger charge is -2.11. The molecule has 0 radical (unpaired) electrons. The Morgan fingerprint density at radius 2 is 2.00 bits per heavy atom. The molecule has 0 heterocycles. The molecule has 1 aromatic rings. The number of ketones is 1. The molecule has 0 N–H and O–H groups in total. The molecule has 2 rings (SSSR count). The van der Waals surface area contributed by atoms with E-state index in [1.54, 1.807) is 0 Å². The van der Waals surface area contributed by atoms with Crippen LogP contribution in [0.4, 0.5) is 8.78 Å². The summed E-state index contributed by atoms with van der Waals surface area (Å²) in [7, 11) is 0. The zero-order chi connectivity index (χ0) is 12.3. The predicted octanol–water partition coefficient (Wildman–Crippen LogP) is 4.04. The first-order valence-electron chi connectivity index (χ1n) is 5.83. The number of hydrogen-bond donors (Lipinski definition) is 0. The molecule has 0 saturated carbocycles. The van der Waals surface area contributed by atoms with E-state index in [4.69, 9.17) is 0 Å². The average molecular weight is 236 g/mol. The monoisotopic (exact) mass is 236 g/mol. The molecule has 1 aliphatic rings. The van der Waals surface area contributed by atoms with E-state index in [9.17, 15) is 13.6 Å². The molecule has 0 fully saturated rings. The molecular formula is C14H14F2O. The third-order valence-corrected chi connectivity index (χ3v) is 3.01. The van der Waals surface area contributed by atoms with Crippen LogP contribution >= 0.6 is 0 Å². The van der Waals surface area contributed by atoms with Crippen LogP contribution in [0.1, 0.15) is 42.5 Å². The number of halogens is 2. The Hall–Kier alpha value is -1.51. The Morgan fingerprint density at radius 3 is 2.65 bits per heavy atom. The van der Waals surface area contributed by atoms with Gasteiger partial charge in [0, 0.05) is 12.0 Å². The van der Waals surface area contributed by atoms with Gasteiger partial charge in [0.15, 0.2) is 17.4 Å². The van der Waals surface area contributed by atoms with Gasteiger partial charge in [-0.1, -0.05) is 11.6 Å². The zero-order valence-electron chi connectivity index (χ0n) is 9.51. The van der Waals surface area contributed by atoms with Gasteiger partial charge in [-0.3, -0.25) is 4.79 Å². The highest BCUT2D eigenvalue weighted by molar-refractivity contribution is 5.97. The standard InChI is InChI=1S/C14H14F2O/c15-12-7-6-11(9-13(12)16)14(17)8-10-4-2-1-3-5-10/h4,6-7,9H,1-3,5,8H2.